The predicted octanol–water partition coefficient (Wildman–Crippen LogP) is 5.55. The molecule has 0 saturated heterocycles. The molecule has 38 heavy (non-hydrogen) atoms. The Hall–Kier alpha value is -4.72. The van der Waals surface area contributed by atoms with E-state index in [0.717, 1.165) is 23.3 Å². The lowest BCUT2D eigenvalue weighted by Crippen LogP contribution is -2.42. The number of carboxylic acids is 1. The summed E-state index contributed by atoms with van der Waals surface area (Å²) in [5, 5.41) is 12.0. The van der Waals surface area contributed by atoms with E-state index in [1.807, 2.05) is 60.7 Å². The van der Waals surface area contributed by atoms with E-state index in [2.05, 4.69) is 5.32 Å². The summed E-state index contributed by atoms with van der Waals surface area (Å²) in [5.74, 6) is -3.31. The molecule has 0 radical (unpaired) electrons. The monoisotopic (exact) mass is 517 g/mol. The van der Waals surface area contributed by atoms with Crippen LogP contribution in [0, 0.1) is 11.6 Å². The van der Waals surface area contributed by atoms with Gasteiger partial charge in [0.05, 0.1) is 5.56 Å². The number of nitrogens with one attached hydrogen (secondary N) is 1. The third-order valence-corrected chi connectivity index (χ3v) is 5.70. The van der Waals surface area contributed by atoms with Crippen molar-refractivity contribution < 1.29 is 33.0 Å². The van der Waals surface area contributed by atoms with Gasteiger partial charge in [0.15, 0.2) is 11.5 Å². The summed E-state index contributed by atoms with van der Waals surface area (Å²) in [6.07, 6.45) is -0.107. The lowest BCUT2D eigenvalue weighted by Gasteiger charge is -2.18. The number of carbonyl (C=O) groups is 2. The van der Waals surface area contributed by atoms with Gasteiger partial charge in [-0.1, -0.05) is 66.7 Å². The summed E-state index contributed by atoms with van der Waals surface area (Å²) in [5.41, 5.74) is 2.00. The third kappa shape index (κ3) is 7.16. The number of hydrogen-bond donors (Lipinski definition) is 2. The minimum absolute atomic E-state index is 0.107. The summed E-state index contributed by atoms with van der Waals surface area (Å²) in [6.45, 7) is 0.563. The molecule has 0 saturated carbocycles. The Bertz CT molecular complexity index is 1400. The van der Waals surface area contributed by atoms with E-state index < -0.39 is 35.1 Å². The van der Waals surface area contributed by atoms with Crippen LogP contribution in [0.3, 0.4) is 0 Å². The molecule has 4 aromatic rings. The molecule has 194 valence electrons. The van der Waals surface area contributed by atoms with Gasteiger partial charge in [-0.3, -0.25) is 4.79 Å². The molecule has 0 aliphatic heterocycles. The highest BCUT2D eigenvalue weighted by molar-refractivity contribution is 5.96. The van der Waals surface area contributed by atoms with E-state index >= 15 is 0 Å². The van der Waals surface area contributed by atoms with Crippen LogP contribution in [0.1, 0.15) is 27.0 Å². The smallest absolute Gasteiger partial charge is 0.326 e. The summed E-state index contributed by atoms with van der Waals surface area (Å²) >= 11 is 0. The van der Waals surface area contributed by atoms with Gasteiger partial charge >= 0.3 is 5.97 Å². The molecular weight excluding hydrogens is 492 g/mol. The van der Waals surface area contributed by atoms with Crippen molar-refractivity contribution in [3.63, 3.8) is 0 Å². The fraction of sp³-hybridized carbons (Fsp3) is 0.133. The van der Waals surface area contributed by atoms with Crippen LogP contribution in [0.25, 0.3) is 0 Å². The number of aliphatic carboxylic acids is 1. The van der Waals surface area contributed by atoms with Crippen molar-refractivity contribution in [3.05, 3.63) is 131 Å². The van der Waals surface area contributed by atoms with Crippen LogP contribution >= 0.6 is 0 Å². The number of rotatable bonds is 11. The van der Waals surface area contributed by atoms with Crippen LogP contribution in [-0.2, 0) is 24.4 Å². The topological polar surface area (TPSA) is 84.9 Å². The quantitative estimate of drug-likeness (QED) is 0.273. The first-order valence-electron chi connectivity index (χ1n) is 11.8. The van der Waals surface area contributed by atoms with Gasteiger partial charge in [-0.2, -0.15) is 0 Å². The molecule has 0 heterocycles. The number of amides is 1. The summed E-state index contributed by atoms with van der Waals surface area (Å²) in [6, 6.07) is 25.2. The molecule has 1 atom stereocenters. The molecule has 8 heteroatoms. The Labute approximate surface area is 218 Å². The zero-order chi connectivity index (χ0) is 26.9. The van der Waals surface area contributed by atoms with E-state index in [4.69, 9.17) is 9.47 Å². The molecule has 0 unspecified atom stereocenters. The maximum Gasteiger partial charge on any atom is 0.326 e. The Morgan fingerprint density at radius 3 is 1.92 bits per heavy atom. The molecule has 4 aromatic carbocycles. The Balaban J connectivity index is 1.52. The standard InChI is InChI=1S/C30H25F2NO5/c31-23-12-13-24(25(32)17-23)29(34)33-26(30(35)36)15-22-11-14-27(37-18-20-7-3-1-4-8-20)28(16-22)38-19-21-9-5-2-6-10-21/h1-14,16-17,26H,15,18-19H2,(H,33,34)(H,35,36)/t26-/m1/s1. The number of halogens is 2. The van der Waals surface area contributed by atoms with Gasteiger partial charge in [0.1, 0.15) is 30.9 Å². The number of carbonyl (C=O) groups excluding carboxylic acids is 1. The fourth-order valence-electron chi connectivity index (χ4n) is 3.73. The minimum Gasteiger partial charge on any atom is -0.485 e. The Morgan fingerprint density at radius 2 is 1.34 bits per heavy atom. The van der Waals surface area contributed by atoms with Crippen molar-refractivity contribution in [2.24, 2.45) is 0 Å². The lowest BCUT2D eigenvalue weighted by molar-refractivity contribution is -0.139. The van der Waals surface area contributed by atoms with Crippen molar-refractivity contribution in [3.8, 4) is 11.5 Å². The second-order valence-electron chi connectivity index (χ2n) is 8.52. The van der Waals surface area contributed by atoms with Crippen molar-refractivity contribution >= 4 is 11.9 Å². The molecule has 0 fully saturated rings. The Kier molecular flexibility index (Phi) is 8.66. The predicted molar refractivity (Wildman–Crippen MR) is 137 cm³/mol. The first-order chi connectivity index (χ1) is 18.4. The second kappa shape index (κ2) is 12.5. The molecule has 1 amide bonds. The van der Waals surface area contributed by atoms with Crippen molar-refractivity contribution in [1.82, 2.24) is 5.32 Å². The van der Waals surface area contributed by atoms with E-state index in [1.54, 1.807) is 18.2 Å². The van der Waals surface area contributed by atoms with Crippen LogP contribution < -0.4 is 14.8 Å². The van der Waals surface area contributed by atoms with Crippen molar-refractivity contribution in [2.75, 3.05) is 0 Å². The molecule has 0 spiro atoms. The number of ether oxygens (including phenoxy) is 2. The van der Waals surface area contributed by atoms with Crippen LogP contribution in [0.15, 0.2) is 97.1 Å². The highest BCUT2D eigenvalue weighted by atomic mass is 19.1. The van der Waals surface area contributed by atoms with Gasteiger partial charge in [0.2, 0.25) is 0 Å². The van der Waals surface area contributed by atoms with Gasteiger partial charge < -0.3 is 19.9 Å². The first kappa shape index (κ1) is 26.3. The number of hydrogen-bond acceptors (Lipinski definition) is 4. The Morgan fingerprint density at radius 1 is 0.737 bits per heavy atom. The zero-order valence-electron chi connectivity index (χ0n) is 20.3. The van der Waals surface area contributed by atoms with Crippen molar-refractivity contribution in [1.29, 1.82) is 0 Å². The first-order valence-corrected chi connectivity index (χ1v) is 11.8. The van der Waals surface area contributed by atoms with E-state index in [0.29, 0.717) is 29.7 Å². The number of benzene rings is 4. The van der Waals surface area contributed by atoms with Gasteiger partial charge in [-0.05, 0) is 41.0 Å². The molecule has 6 nitrogen and oxygen atoms in total. The number of carboxylic acid groups (broad SMARTS) is 1. The van der Waals surface area contributed by atoms with E-state index in [1.165, 1.54) is 0 Å². The second-order valence-corrected chi connectivity index (χ2v) is 8.52. The van der Waals surface area contributed by atoms with Crippen LogP contribution in [0.4, 0.5) is 8.78 Å². The third-order valence-electron chi connectivity index (χ3n) is 5.70. The average Bonchev–Trinajstić information content (AvgIpc) is 2.92. The maximum atomic E-state index is 14.0. The van der Waals surface area contributed by atoms with Crippen molar-refractivity contribution in [2.45, 2.75) is 25.7 Å². The van der Waals surface area contributed by atoms with Gasteiger partial charge in [-0.15, -0.1) is 0 Å². The van der Waals surface area contributed by atoms with Crippen LogP contribution in [-0.4, -0.2) is 23.0 Å². The van der Waals surface area contributed by atoms with Gasteiger partial charge in [-0.25, -0.2) is 13.6 Å². The minimum atomic E-state index is -1.37. The molecule has 4 rings (SSSR count). The maximum absolute atomic E-state index is 14.0. The van der Waals surface area contributed by atoms with Crippen LogP contribution in [0.5, 0.6) is 11.5 Å². The molecule has 0 aliphatic carbocycles. The van der Waals surface area contributed by atoms with Gasteiger partial charge in [0.25, 0.3) is 5.91 Å². The zero-order valence-corrected chi connectivity index (χ0v) is 20.3. The molecule has 0 bridgehead atoms. The summed E-state index contributed by atoms with van der Waals surface area (Å²) < 4.78 is 39.2. The molecule has 2 N–H and O–H groups in total. The summed E-state index contributed by atoms with van der Waals surface area (Å²) in [4.78, 5) is 24.4. The fourth-order valence-corrected chi connectivity index (χ4v) is 3.73. The van der Waals surface area contributed by atoms with Gasteiger partial charge in [0, 0.05) is 12.5 Å². The van der Waals surface area contributed by atoms with E-state index in [-0.39, 0.29) is 13.0 Å². The highest BCUT2D eigenvalue weighted by Crippen LogP contribution is 2.30. The normalized spacial score (nSPS) is 11.4. The largest absolute Gasteiger partial charge is 0.485 e. The van der Waals surface area contributed by atoms with Crippen LogP contribution in [0.2, 0.25) is 0 Å². The molecular formula is C30H25F2NO5. The molecule has 0 aromatic heterocycles. The molecule has 0 aliphatic rings. The lowest BCUT2D eigenvalue weighted by atomic mass is 10.0. The summed E-state index contributed by atoms with van der Waals surface area (Å²) in [7, 11) is 0. The SMILES string of the molecule is O=C(N[C@H](Cc1ccc(OCc2ccccc2)c(OCc2ccccc2)c1)C(=O)O)c1ccc(F)cc1F. The average molecular weight is 518 g/mol. The highest BCUT2D eigenvalue weighted by Gasteiger charge is 2.23. The van der Waals surface area contributed by atoms with E-state index in [9.17, 15) is 23.5 Å².